The highest BCUT2D eigenvalue weighted by Gasteiger charge is 2.47. The maximum Gasteiger partial charge on any atom is 0.243 e. The quantitative estimate of drug-likeness (QED) is 0.512. The van der Waals surface area contributed by atoms with Crippen LogP contribution in [0.2, 0.25) is 0 Å². The largest absolute Gasteiger partial charge is 0.379 e. The van der Waals surface area contributed by atoms with Crippen molar-refractivity contribution in [3.63, 3.8) is 0 Å². The zero-order chi connectivity index (χ0) is 25.6. The molecule has 0 saturated carbocycles. The minimum Gasteiger partial charge on any atom is -0.379 e. The van der Waals surface area contributed by atoms with Crippen LogP contribution in [0.15, 0.2) is 65.2 Å². The van der Waals surface area contributed by atoms with Gasteiger partial charge in [-0.2, -0.15) is 9.40 Å². The second kappa shape index (κ2) is 9.47. The minimum atomic E-state index is -3.63. The molecule has 0 radical (unpaired) electrons. The van der Waals surface area contributed by atoms with Crippen molar-refractivity contribution in [3.8, 4) is 5.69 Å². The fraction of sp³-hybridized carbons (Fsp3) is 0.393. The van der Waals surface area contributed by atoms with Gasteiger partial charge in [-0.1, -0.05) is 23.8 Å². The van der Waals surface area contributed by atoms with E-state index in [0.29, 0.717) is 44.0 Å². The van der Waals surface area contributed by atoms with Crippen LogP contribution in [0, 0.1) is 18.2 Å². The highest BCUT2D eigenvalue weighted by Crippen LogP contribution is 2.46. The Bertz CT molecular complexity index is 1440. The Hall–Kier alpha value is -2.85. The SMILES string of the molecule is Cc1ccccc1S(=O)(=O)N1CCC2=Cc3c(cnn3-c3ccc(F)cc3)C[C@]2(CN2CCOCC2)C1. The summed E-state index contributed by atoms with van der Waals surface area (Å²) in [5.74, 6) is -0.283. The number of piperidine rings is 1. The number of hydrogen-bond donors (Lipinski definition) is 0. The Morgan fingerprint density at radius 1 is 1.05 bits per heavy atom. The van der Waals surface area contributed by atoms with Crippen LogP contribution in [0.25, 0.3) is 11.8 Å². The molecule has 2 fully saturated rings. The van der Waals surface area contributed by atoms with E-state index >= 15 is 0 Å². The Kier molecular flexibility index (Phi) is 6.27. The second-order valence-electron chi connectivity index (χ2n) is 10.3. The van der Waals surface area contributed by atoms with Crippen molar-refractivity contribution >= 4 is 16.1 Å². The topological polar surface area (TPSA) is 67.7 Å². The number of aromatic nitrogens is 2. The molecule has 194 valence electrons. The highest BCUT2D eigenvalue weighted by atomic mass is 32.2. The summed E-state index contributed by atoms with van der Waals surface area (Å²) >= 11 is 0. The summed E-state index contributed by atoms with van der Waals surface area (Å²) in [6, 6.07) is 13.6. The number of sulfonamides is 1. The highest BCUT2D eigenvalue weighted by molar-refractivity contribution is 7.89. The average Bonchev–Trinajstić information content (AvgIpc) is 3.30. The lowest BCUT2D eigenvalue weighted by Gasteiger charge is -2.48. The molecule has 2 saturated heterocycles. The molecule has 1 aliphatic carbocycles. The van der Waals surface area contributed by atoms with Gasteiger partial charge in [0.15, 0.2) is 0 Å². The lowest BCUT2D eigenvalue weighted by Crippen LogP contribution is -2.55. The van der Waals surface area contributed by atoms with Crippen LogP contribution >= 0.6 is 0 Å². The summed E-state index contributed by atoms with van der Waals surface area (Å²) in [6.45, 7) is 6.53. The molecule has 0 spiro atoms. The molecule has 9 heteroatoms. The first-order chi connectivity index (χ1) is 17.9. The van der Waals surface area contributed by atoms with E-state index in [1.54, 1.807) is 28.6 Å². The molecule has 37 heavy (non-hydrogen) atoms. The Labute approximate surface area is 217 Å². The molecular formula is C28H31FN4O3S. The van der Waals surface area contributed by atoms with Crippen molar-refractivity contribution in [2.45, 2.75) is 24.7 Å². The van der Waals surface area contributed by atoms with E-state index in [0.717, 1.165) is 42.1 Å². The normalized spacial score (nSPS) is 22.8. The molecule has 0 unspecified atom stereocenters. The van der Waals surface area contributed by atoms with Crippen molar-refractivity contribution in [1.29, 1.82) is 0 Å². The lowest BCUT2D eigenvalue weighted by atomic mass is 9.68. The third kappa shape index (κ3) is 4.44. The van der Waals surface area contributed by atoms with Gasteiger partial charge in [0.2, 0.25) is 10.0 Å². The summed E-state index contributed by atoms with van der Waals surface area (Å²) < 4.78 is 50.3. The molecule has 3 aromatic rings. The maximum absolute atomic E-state index is 13.8. The number of aryl methyl sites for hydroxylation is 1. The van der Waals surface area contributed by atoms with Gasteiger partial charge in [0, 0.05) is 38.1 Å². The smallest absolute Gasteiger partial charge is 0.243 e. The van der Waals surface area contributed by atoms with Gasteiger partial charge in [0.05, 0.1) is 35.7 Å². The number of ether oxygens (including phenoxy) is 1. The molecule has 1 atom stereocenters. The van der Waals surface area contributed by atoms with E-state index in [-0.39, 0.29) is 11.2 Å². The molecule has 6 rings (SSSR count). The fourth-order valence-corrected chi connectivity index (χ4v) is 7.76. The van der Waals surface area contributed by atoms with Crippen LogP contribution in [0.3, 0.4) is 0 Å². The van der Waals surface area contributed by atoms with E-state index < -0.39 is 10.0 Å². The number of fused-ring (bicyclic) bond motifs is 2. The first-order valence-electron chi connectivity index (χ1n) is 12.8. The van der Waals surface area contributed by atoms with Gasteiger partial charge >= 0.3 is 0 Å². The van der Waals surface area contributed by atoms with Gasteiger partial charge in [-0.25, -0.2) is 17.5 Å². The van der Waals surface area contributed by atoms with Crippen LogP contribution in [0.5, 0.6) is 0 Å². The van der Waals surface area contributed by atoms with E-state index in [4.69, 9.17) is 4.74 Å². The summed E-state index contributed by atoms with van der Waals surface area (Å²) in [5.41, 5.74) is 4.55. The predicted molar refractivity (Wildman–Crippen MR) is 139 cm³/mol. The third-order valence-electron chi connectivity index (χ3n) is 7.93. The molecule has 3 heterocycles. The van der Waals surface area contributed by atoms with Crippen molar-refractivity contribution in [1.82, 2.24) is 19.0 Å². The molecule has 2 aromatic carbocycles. The molecule has 3 aliphatic rings. The van der Waals surface area contributed by atoms with Gasteiger partial charge in [-0.15, -0.1) is 0 Å². The second-order valence-corrected chi connectivity index (χ2v) is 12.2. The van der Waals surface area contributed by atoms with Gasteiger partial charge in [0.25, 0.3) is 0 Å². The van der Waals surface area contributed by atoms with Gasteiger partial charge in [-0.3, -0.25) is 4.90 Å². The maximum atomic E-state index is 13.8. The number of hydrogen-bond acceptors (Lipinski definition) is 5. The van der Waals surface area contributed by atoms with E-state index in [2.05, 4.69) is 16.1 Å². The Morgan fingerprint density at radius 2 is 1.81 bits per heavy atom. The standard InChI is InChI=1S/C28H31FN4O3S/c1-21-4-2-3-5-27(21)37(34,35)32-11-10-23-16-26-22(18-30-33(26)25-8-6-24(29)7-9-25)17-28(23,20-32)19-31-12-14-36-15-13-31/h2-9,16,18H,10-15,17,19-20H2,1H3/t28-/m0/s1. The molecule has 1 aromatic heterocycles. The number of morpholine rings is 1. The molecule has 0 N–H and O–H groups in total. The van der Waals surface area contributed by atoms with Crippen LogP contribution in [-0.2, 0) is 21.2 Å². The van der Waals surface area contributed by atoms with Crippen LogP contribution in [0.1, 0.15) is 23.2 Å². The third-order valence-corrected chi connectivity index (χ3v) is 9.93. The monoisotopic (exact) mass is 522 g/mol. The van der Waals surface area contributed by atoms with Gasteiger partial charge < -0.3 is 4.74 Å². The van der Waals surface area contributed by atoms with Crippen LogP contribution < -0.4 is 0 Å². The first-order valence-corrected chi connectivity index (χ1v) is 14.2. The van der Waals surface area contributed by atoms with E-state index in [1.807, 2.05) is 29.9 Å². The van der Waals surface area contributed by atoms with E-state index in [9.17, 15) is 12.8 Å². The Morgan fingerprint density at radius 3 is 2.57 bits per heavy atom. The zero-order valence-corrected chi connectivity index (χ0v) is 21.8. The Balaban J connectivity index is 1.39. The average molecular weight is 523 g/mol. The van der Waals surface area contributed by atoms with Gasteiger partial charge in [-0.05, 0) is 67.3 Å². The van der Waals surface area contributed by atoms with Crippen LogP contribution in [-0.4, -0.2) is 73.3 Å². The summed E-state index contributed by atoms with van der Waals surface area (Å²) in [4.78, 5) is 2.78. The molecule has 7 nitrogen and oxygen atoms in total. The van der Waals surface area contributed by atoms with Gasteiger partial charge in [0.1, 0.15) is 5.82 Å². The first kappa shape index (κ1) is 24.5. The zero-order valence-electron chi connectivity index (χ0n) is 20.9. The van der Waals surface area contributed by atoms with E-state index in [1.165, 1.54) is 17.7 Å². The molecule has 0 amide bonds. The van der Waals surface area contributed by atoms with Crippen LogP contribution in [0.4, 0.5) is 4.39 Å². The summed E-state index contributed by atoms with van der Waals surface area (Å²) in [5, 5.41) is 4.64. The van der Waals surface area contributed by atoms with Crippen molar-refractivity contribution in [3.05, 3.63) is 82.9 Å². The number of rotatable bonds is 5. The minimum absolute atomic E-state index is 0.283. The lowest BCUT2D eigenvalue weighted by molar-refractivity contribution is 0.0153. The van der Waals surface area contributed by atoms with Crippen molar-refractivity contribution in [2.24, 2.45) is 5.41 Å². The molecule has 2 aliphatic heterocycles. The van der Waals surface area contributed by atoms with Crippen molar-refractivity contribution in [2.75, 3.05) is 45.9 Å². The number of benzene rings is 2. The van der Waals surface area contributed by atoms with Crippen molar-refractivity contribution < 1.29 is 17.5 Å². The number of halogens is 1. The number of nitrogens with zero attached hydrogens (tertiary/aromatic N) is 4. The molecule has 0 bridgehead atoms. The predicted octanol–water partition coefficient (Wildman–Crippen LogP) is 3.67. The summed E-state index contributed by atoms with van der Waals surface area (Å²) in [7, 11) is -3.63. The molecular weight excluding hydrogens is 491 g/mol. The summed E-state index contributed by atoms with van der Waals surface area (Å²) in [6.07, 6.45) is 5.44. The fourth-order valence-electron chi connectivity index (χ4n) is 6.01.